The topological polar surface area (TPSA) is 77.0 Å². The van der Waals surface area contributed by atoms with E-state index in [1.165, 1.54) is 0 Å². The van der Waals surface area contributed by atoms with Crippen LogP contribution in [0.2, 0.25) is 0 Å². The molecule has 5 heteroatoms. The van der Waals surface area contributed by atoms with Crippen LogP contribution in [0.15, 0.2) is 23.5 Å². The van der Waals surface area contributed by atoms with E-state index < -0.39 is 0 Å². The normalized spacial score (nSPS) is 12.0. The fraction of sp³-hybridized carbons (Fsp3) is 0.200. The van der Waals surface area contributed by atoms with Gasteiger partial charge in [0.25, 0.3) is 0 Å². The summed E-state index contributed by atoms with van der Waals surface area (Å²) in [6, 6.07) is 1.98. The lowest BCUT2D eigenvalue weighted by atomic mass is 10.2. The molecule has 2 aromatic rings. The molecule has 0 unspecified atom stereocenters. The Hall–Kier alpha value is -2.04. The molecule has 0 amide bonds. The molecule has 0 radical (unpaired) electrons. The Balaban J connectivity index is 2.62. The van der Waals surface area contributed by atoms with Gasteiger partial charge in [-0.1, -0.05) is 0 Å². The third-order valence-electron chi connectivity index (χ3n) is 2.04. The number of aromatic nitrogens is 3. The Morgan fingerprint density at radius 2 is 2.13 bits per heavy atom. The van der Waals surface area contributed by atoms with Crippen molar-refractivity contribution < 1.29 is 0 Å². The van der Waals surface area contributed by atoms with Gasteiger partial charge in [-0.2, -0.15) is 0 Å². The summed E-state index contributed by atoms with van der Waals surface area (Å²) in [5, 5.41) is 0.905. The second-order valence-corrected chi connectivity index (χ2v) is 3.23. The van der Waals surface area contributed by atoms with E-state index in [9.17, 15) is 0 Å². The van der Waals surface area contributed by atoms with Crippen LogP contribution in [0.5, 0.6) is 0 Å². The average molecular weight is 201 g/mol. The van der Waals surface area contributed by atoms with Gasteiger partial charge < -0.3 is 5.73 Å². The Morgan fingerprint density at radius 1 is 1.33 bits per heavy atom. The molecule has 2 aromatic heterocycles. The molecule has 0 saturated carbocycles. The van der Waals surface area contributed by atoms with E-state index in [0.29, 0.717) is 17.3 Å². The summed E-state index contributed by atoms with van der Waals surface area (Å²) < 4.78 is 0. The van der Waals surface area contributed by atoms with Crippen LogP contribution in [0.1, 0.15) is 11.4 Å². The van der Waals surface area contributed by atoms with Gasteiger partial charge in [0.15, 0.2) is 17.3 Å². The molecule has 76 valence electrons. The maximum Gasteiger partial charge on any atom is 0.196 e. The number of hydrogen-bond acceptors (Lipinski definition) is 4. The number of hydrogen-bond donors (Lipinski definition) is 1. The van der Waals surface area contributed by atoms with Gasteiger partial charge in [-0.3, -0.25) is 4.99 Å². The molecule has 2 N–H and O–H groups in total. The highest BCUT2D eigenvalue weighted by molar-refractivity contribution is 5.95. The largest absolute Gasteiger partial charge is 0.381 e. The van der Waals surface area contributed by atoms with E-state index in [4.69, 9.17) is 5.73 Å². The summed E-state index contributed by atoms with van der Waals surface area (Å²) in [5.41, 5.74) is 7.33. The van der Waals surface area contributed by atoms with Crippen molar-refractivity contribution in [3.05, 3.63) is 29.8 Å². The van der Waals surface area contributed by atoms with Crippen molar-refractivity contribution in [2.75, 3.05) is 7.05 Å². The quantitative estimate of drug-likeness (QED) is 0.543. The van der Waals surface area contributed by atoms with Gasteiger partial charge in [-0.05, 0) is 18.6 Å². The van der Waals surface area contributed by atoms with Crippen molar-refractivity contribution in [1.29, 1.82) is 0 Å². The zero-order valence-corrected chi connectivity index (χ0v) is 8.60. The third-order valence-corrected chi connectivity index (χ3v) is 2.04. The van der Waals surface area contributed by atoms with Gasteiger partial charge >= 0.3 is 0 Å². The van der Waals surface area contributed by atoms with Gasteiger partial charge in [-0.15, -0.1) is 0 Å². The van der Waals surface area contributed by atoms with Crippen LogP contribution in [-0.4, -0.2) is 27.8 Å². The number of aliphatic imine (C=N–C) groups is 1. The Morgan fingerprint density at radius 3 is 2.87 bits per heavy atom. The number of aryl methyl sites for hydroxylation is 1. The van der Waals surface area contributed by atoms with Gasteiger partial charge in [-0.25, -0.2) is 15.0 Å². The Kier molecular flexibility index (Phi) is 2.29. The summed E-state index contributed by atoms with van der Waals surface area (Å²) in [7, 11) is 1.60. The minimum absolute atomic E-state index is 0.319. The van der Waals surface area contributed by atoms with Crippen molar-refractivity contribution in [3.63, 3.8) is 0 Å². The molecule has 5 nitrogen and oxygen atoms in total. The van der Waals surface area contributed by atoms with E-state index in [-0.39, 0.29) is 0 Å². The minimum Gasteiger partial charge on any atom is -0.381 e. The van der Waals surface area contributed by atoms with E-state index in [0.717, 1.165) is 10.9 Å². The van der Waals surface area contributed by atoms with E-state index in [2.05, 4.69) is 19.9 Å². The summed E-state index contributed by atoms with van der Waals surface area (Å²) in [6.45, 7) is 1.97. The van der Waals surface area contributed by atoms with Crippen molar-refractivity contribution in [3.8, 4) is 0 Å². The molecule has 2 rings (SSSR count). The molecule has 0 spiro atoms. The first-order valence-corrected chi connectivity index (χ1v) is 4.53. The van der Waals surface area contributed by atoms with Crippen LogP contribution in [0.25, 0.3) is 11.0 Å². The van der Waals surface area contributed by atoms with Crippen LogP contribution < -0.4 is 5.73 Å². The number of fused-ring (bicyclic) bond motifs is 1. The molecular weight excluding hydrogens is 190 g/mol. The second-order valence-electron chi connectivity index (χ2n) is 3.23. The maximum atomic E-state index is 5.61. The summed E-state index contributed by atoms with van der Waals surface area (Å²) >= 11 is 0. The average Bonchev–Trinajstić information content (AvgIpc) is 2.27. The molecule has 0 aliphatic heterocycles. The maximum absolute atomic E-state index is 5.61. The first-order valence-electron chi connectivity index (χ1n) is 4.53. The van der Waals surface area contributed by atoms with Crippen molar-refractivity contribution in [2.45, 2.75) is 6.92 Å². The first kappa shape index (κ1) is 9.51. The van der Waals surface area contributed by atoms with E-state index >= 15 is 0 Å². The fourth-order valence-corrected chi connectivity index (χ4v) is 1.26. The molecule has 0 bridgehead atoms. The van der Waals surface area contributed by atoms with Crippen LogP contribution in [0.3, 0.4) is 0 Å². The Labute approximate surface area is 87.1 Å². The molecule has 0 saturated heterocycles. The molecule has 2 heterocycles. The number of amidine groups is 1. The smallest absolute Gasteiger partial charge is 0.196 e. The highest BCUT2D eigenvalue weighted by atomic mass is 15.0. The summed E-state index contributed by atoms with van der Waals surface area (Å²) in [4.78, 5) is 16.3. The fourth-order valence-electron chi connectivity index (χ4n) is 1.26. The van der Waals surface area contributed by atoms with Crippen molar-refractivity contribution in [2.24, 2.45) is 10.7 Å². The highest BCUT2D eigenvalue weighted by Gasteiger charge is 2.03. The van der Waals surface area contributed by atoms with Gasteiger partial charge in [0.05, 0.1) is 0 Å². The molecule has 0 fully saturated rings. The van der Waals surface area contributed by atoms with Crippen molar-refractivity contribution in [1.82, 2.24) is 15.0 Å². The Bertz CT molecular complexity index is 532. The van der Waals surface area contributed by atoms with Crippen LogP contribution in [0.4, 0.5) is 0 Å². The second kappa shape index (κ2) is 3.61. The van der Waals surface area contributed by atoms with Gasteiger partial charge in [0.2, 0.25) is 0 Å². The summed E-state index contributed by atoms with van der Waals surface area (Å²) in [5.74, 6) is 0.737. The number of rotatable bonds is 1. The SMILES string of the molecule is CN=C(N)c1ncc2cc(C)cnc2n1. The van der Waals surface area contributed by atoms with Crippen LogP contribution in [-0.2, 0) is 0 Å². The predicted molar refractivity (Wildman–Crippen MR) is 58.7 cm³/mol. The van der Waals surface area contributed by atoms with Crippen LogP contribution >= 0.6 is 0 Å². The molecule has 0 atom stereocenters. The van der Waals surface area contributed by atoms with Crippen LogP contribution in [0, 0.1) is 6.92 Å². The number of pyridine rings is 1. The third kappa shape index (κ3) is 1.76. The van der Waals surface area contributed by atoms with Gasteiger partial charge in [0.1, 0.15) is 0 Å². The van der Waals surface area contributed by atoms with Gasteiger partial charge in [0, 0.05) is 24.8 Å². The number of nitrogens with zero attached hydrogens (tertiary/aromatic N) is 4. The molecule has 0 aromatic carbocycles. The lowest BCUT2D eigenvalue weighted by Gasteiger charge is -2.00. The minimum atomic E-state index is 0.319. The summed E-state index contributed by atoms with van der Waals surface area (Å²) in [6.07, 6.45) is 3.47. The van der Waals surface area contributed by atoms with E-state index in [1.54, 1.807) is 19.4 Å². The molecule has 0 aliphatic rings. The lowest BCUT2D eigenvalue weighted by molar-refractivity contribution is 1.13. The predicted octanol–water partition coefficient (Wildman–Crippen LogP) is 0.668. The van der Waals surface area contributed by atoms with E-state index in [1.807, 2.05) is 13.0 Å². The monoisotopic (exact) mass is 201 g/mol. The zero-order valence-electron chi connectivity index (χ0n) is 8.60. The highest BCUT2D eigenvalue weighted by Crippen LogP contribution is 2.09. The van der Waals surface area contributed by atoms with Crippen molar-refractivity contribution >= 4 is 16.9 Å². The molecular formula is C10H11N5. The first-order chi connectivity index (χ1) is 7.20. The molecule has 0 aliphatic carbocycles. The number of nitrogens with two attached hydrogens (primary N) is 1. The lowest BCUT2D eigenvalue weighted by Crippen LogP contribution is -2.16. The standard InChI is InChI=1S/C10H11N5/c1-6-3-7-5-14-10(8(11)12-2)15-9(7)13-4-6/h3-5H,1-2H3,(H2,11,12). The molecule has 15 heavy (non-hydrogen) atoms. The zero-order chi connectivity index (χ0) is 10.8.